The molecule has 106 valence electrons. The fourth-order valence-electron chi connectivity index (χ4n) is 2.11. The molecule has 0 aliphatic carbocycles. The third kappa shape index (κ3) is 3.05. The van der Waals surface area contributed by atoms with Crippen LogP contribution in [0.1, 0.15) is 5.56 Å². The maximum atomic E-state index is 5.68. The van der Waals surface area contributed by atoms with E-state index >= 15 is 0 Å². The lowest BCUT2D eigenvalue weighted by molar-refractivity contribution is 0.293. The molecule has 1 aromatic heterocycles. The lowest BCUT2D eigenvalue weighted by atomic mass is 10.1. The van der Waals surface area contributed by atoms with Gasteiger partial charge in [-0.05, 0) is 17.7 Å². The number of ether oxygens (including phenoxy) is 2. The first kappa shape index (κ1) is 13.2. The molecular weight excluding hydrogens is 264 g/mol. The smallest absolute Gasteiger partial charge is 0.233 e. The minimum Gasteiger partial charge on any atom is -0.496 e. The lowest BCUT2D eigenvalue weighted by Crippen LogP contribution is -1.94. The molecule has 3 rings (SSSR count). The first-order valence-electron chi connectivity index (χ1n) is 6.72. The van der Waals surface area contributed by atoms with Crippen LogP contribution in [0.15, 0.2) is 60.7 Å². The number of hydrogen-bond donors (Lipinski definition) is 1. The van der Waals surface area contributed by atoms with Crippen LogP contribution in [0, 0.1) is 0 Å². The van der Waals surface area contributed by atoms with E-state index in [-0.39, 0.29) is 0 Å². The van der Waals surface area contributed by atoms with Crippen LogP contribution in [0.4, 0.5) is 0 Å². The molecule has 0 aliphatic heterocycles. The van der Waals surface area contributed by atoms with E-state index < -0.39 is 0 Å². The summed E-state index contributed by atoms with van der Waals surface area (Å²) in [6.07, 6.45) is 0. The summed E-state index contributed by atoms with van der Waals surface area (Å²) in [4.78, 5) is 0. The van der Waals surface area contributed by atoms with Crippen molar-refractivity contribution in [1.82, 2.24) is 10.2 Å². The Labute approximate surface area is 123 Å². The fourth-order valence-corrected chi connectivity index (χ4v) is 2.11. The molecular formula is C17H16N2O2. The first-order chi connectivity index (χ1) is 10.4. The fraction of sp³-hybridized carbons (Fsp3) is 0.118. The molecule has 0 atom stereocenters. The van der Waals surface area contributed by atoms with Gasteiger partial charge in [-0.15, -0.1) is 5.10 Å². The summed E-state index contributed by atoms with van der Waals surface area (Å²) in [5.74, 6) is 1.37. The summed E-state index contributed by atoms with van der Waals surface area (Å²) in [7, 11) is 1.65. The maximum absolute atomic E-state index is 5.68. The van der Waals surface area contributed by atoms with Gasteiger partial charge in [0.1, 0.15) is 12.4 Å². The molecule has 0 aliphatic rings. The average Bonchev–Trinajstić information content (AvgIpc) is 3.02. The molecule has 0 fully saturated rings. The van der Waals surface area contributed by atoms with Gasteiger partial charge >= 0.3 is 0 Å². The molecule has 0 saturated heterocycles. The summed E-state index contributed by atoms with van der Waals surface area (Å²) < 4.78 is 11.0. The average molecular weight is 280 g/mol. The van der Waals surface area contributed by atoms with Crippen LogP contribution < -0.4 is 9.47 Å². The predicted molar refractivity (Wildman–Crippen MR) is 81.3 cm³/mol. The molecule has 0 unspecified atom stereocenters. The summed E-state index contributed by atoms with van der Waals surface area (Å²) in [6, 6.07) is 19.7. The molecule has 0 amide bonds. The van der Waals surface area contributed by atoms with Crippen molar-refractivity contribution in [3.63, 3.8) is 0 Å². The number of para-hydroxylation sites is 1. The zero-order chi connectivity index (χ0) is 14.5. The molecule has 1 heterocycles. The van der Waals surface area contributed by atoms with Crippen molar-refractivity contribution >= 4 is 0 Å². The molecule has 0 bridgehead atoms. The SMILES string of the molecule is COc1ccccc1-c1cc(OCc2ccccc2)n[nH]1. The van der Waals surface area contributed by atoms with Crippen LogP contribution in [0.3, 0.4) is 0 Å². The number of nitrogens with one attached hydrogen (secondary N) is 1. The Morgan fingerprint density at radius 1 is 1.00 bits per heavy atom. The molecule has 3 aromatic rings. The van der Waals surface area contributed by atoms with Crippen LogP contribution in [0.2, 0.25) is 0 Å². The summed E-state index contributed by atoms with van der Waals surface area (Å²) in [5, 5.41) is 7.16. The second-order valence-corrected chi connectivity index (χ2v) is 4.59. The van der Waals surface area contributed by atoms with Crippen molar-refractivity contribution < 1.29 is 9.47 Å². The molecule has 0 radical (unpaired) electrons. The van der Waals surface area contributed by atoms with Crippen molar-refractivity contribution in [3.8, 4) is 22.9 Å². The highest BCUT2D eigenvalue weighted by atomic mass is 16.5. The Morgan fingerprint density at radius 2 is 1.76 bits per heavy atom. The topological polar surface area (TPSA) is 47.1 Å². The standard InChI is InChI=1S/C17H16N2O2/c1-20-16-10-6-5-9-14(16)15-11-17(19-18-15)21-12-13-7-3-2-4-8-13/h2-11H,12H2,1H3,(H,18,19). The predicted octanol–water partition coefficient (Wildman–Crippen LogP) is 3.66. The van der Waals surface area contributed by atoms with Gasteiger partial charge in [0, 0.05) is 11.6 Å². The normalized spacial score (nSPS) is 10.3. The summed E-state index contributed by atoms with van der Waals surface area (Å²) in [5.41, 5.74) is 2.94. The number of aromatic nitrogens is 2. The number of hydrogen-bond acceptors (Lipinski definition) is 3. The number of aromatic amines is 1. The number of rotatable bonds is 5. The Bertz CT molecular complexity index is 708. The monoisotopic (exact) mass is 280 g/mol. The van der Waals surface area contributed by atoms with Gasteiger partial charge in [0.2, 0.25) is 5.88 Å². The highest BCUT2D eigenvalue weighted by molar-refractivity contribution is 5.67. The number of nitrogens with zero attached hydrogens (tertiary/aromatic N) is 1. The summed E-state index contributed by atoms with van der Waals surface area (Å²) in [6.45, 7) is 0.497. The van der Waals surface area contributed by atoms with E-state index in [0.717, 1.165) is 22.6 Å². The number of H-pyrrole nitrogens is 1. The van der Waals surface area contributed by atoms with Crippen LogP contribution in [0.25, 0.3) is 11.3 Å². The van der Waals surface area contributed by atoms with Crippen molar-refractivity contribution in [3.05, 3.63) is 66.2 Å². The Balaban J connectivity index is 1.74. The molecule has 4 nitrogen and oxygen atoms in total. The molecule has 21 heavy (non-hydrogen) atoms. The third-order valence-corrected chi connectivity index (χ3v) is 3.18. The van der Waals surface area contributed by atoms with Gasteiger partial charge in [0.25, 0.3) is 0 Å². The van der Waals surface area contributed by atoms with Gasteiger partial charge in [-0.3, -0.25) is 5.10 Å². The first-order valence-corrected chi connectivity index (χ1v) is 6.72. The number of benzene rings is 2. The van der Waals surface area contributed by atoms with Gasteiger partial charge in [-0.25, -0.2) is 0 Å². The Hall–Kier alpha value is -2.75. The van der Waals surface area contributed by atoms with Gasteiger partial charge in [-0.2, -0.15) is 0 Å². The minimum atomic E-state index is 0.497. The second-order valence-electron chi connectivity index (χ2n) is 4.59. The van der Waals surface area contributed by atoms with Gasteiger partial charge in [0.05, 0.1) is 12.8 Å². The van der Waals surface area contributed by atoms with E-state index in [0.29, 0.717) is 12.5 Å². The highest BCUT2D eigenvalue weighted by Gasteiger charge is 2.09. The molecule has 0 saturated carbocycles. The van der Waals surface area contributed by atoms with Gasteiger partial charge in [0.15, 0.2) is 0 Å². The van der Waals surface area contributed by atoms with Crippen LogP contribution in [-0.4, -0.2) is 17.3 Å². The van der Waals surface area contributed by atoms with E-state index in [4.69, 9.17) is 9.47 Å². The van der Waals surface area contributed by atoms with Crippen molar-refractivity contribution in [2.45, 2.75) is 6.61 Å². The van der Waals surface area contributed by atoms with E-state index in [1.54, 1.807) is 7.11 Å². The summed E-state index contributed by atoms with van der Waals surface area (Å²) >= 11 is 0. The van der Waals surface area contributed by atoms with Crippen LogP contribution >= 0.6 is 0 Å². The molecule has 0 spiro atoms. The second kappa shape index (κ2) is 6.13. The Morgan fingerprint density at radius 3 is 2.57 bits per heavy atom. The quantitative estimate of drug-likeness (QED) is 0.775. The maximum Gasteiger partial charge on any atom is 0.233 e. The zero-order valence-electron chi connectivity index (χ0n) is 11.7. The molecule has 4 heteroatoms. The van der Waals surface area contributed by atoms with Crippen LogP contribution in [-0.2, 0) is 6.61 Å². The lowest BCUT2D eigenvalue weighted by Gasteiger charge is -2.05. The third-order valence-electron chi connectivity index (χ3n) is 3.18. The Kier molecular flexibility index (Phi) is 3.87. The van der Waals surface area contributed by atoms with Crippen molar-refractivity contribution in [2.24, 2.45) is 0 Å². The van der Waals surface area contributed by atoms with Crippen LogP contribution in [0.5, 0.6) is 11.6 Å². The largest absolute Gasteiger partial charge is 0.496 e. The van der Waals surface area contributed by atoms with Gasteiger partial charge in [-0.1, -0.05) is 42.5 Å². The number of methoxy groups -OCH3 is 1. The highest BCUT2D eigenvalue weighted by Crippen LogP contribution is 2.29. The minimum absolute atomic E-state index is 0.497. The van der Waals surface area contributed by atoms with Gasteiger partial charge < -0.3 is 9.47 Å². The van der Waals surface area contributed by atoms with E-state index in [9.17, 15) is 0 Å². The van der Waals surface area contributed by atoms with E-state index in [1.807, 2.05) is 60.7 Å². The molecule has 1 N–H and O–H groups in total. The van der Waals surface area contributed by atoms with Crippen molar-refractivity contribution in [1.29, 1.82) is 0 Å². The van der Waals surface area contributed by atoms with E-state index in [2.05, 4.69) is 10.2 Å². The van der Waals surface area contributed by atoms with E-state index in [1.165, 1.54) is 0 Å². The molecule has 2 aromatic carbocycles. The van der Waals surface area contributed by atoms with Crippen molar-refractivity contribution in [2.75, 3.05) is 7.11 Å². The zero-order valence-corrected chi connectivity index (χ0v) is 11.7.